The van der Waals surface area contributed by atoms with Crippen LogP contribution >= 0.6 is 0 Å². The monoisotopic (exact) mass is 193 g/mol. The molecule has 1 aliphatic carbocycles. The molecule has 1 rings (SSSR count). The molecule has 0 saturated heterocycles. The van der Waals surface area contributed by atoms with Crippen LogP contribution in [-0.4, -0.2) is 5.78 Å². The normalized spacial score (nSPS) is 19.6. The van der Waals surface area contributed by atoms with Crippen molar-refractivity contribution >= 4 is 5.78 Å². The summed E-state index contributed by atoms with van der Waals surface area (Å²) >= 11 is 0. The minimum absolute atomic E-state index is 0.104. The minimum atomic E-state index is -0.135. The molecule has 0 aromatic rings. The van der Waals surface area contributed by atoms with Gasteiger partial charge in [0.25, 0.3) is 0 Å². The second kappa shape index (κ2) is 4.59. The Morgan fingerprint density at radius 1 is 1.43 bits per heavy atom. The molecule has 0 N–H and O–H groups in total. The largest absolute Gasteiger partial charge is 0.298 e. The third-order valence-corrected chi connectivity index (χ3v) is 3.19. The van der Waals surface area contributed by atoms with E-state index in [1.807, 2.05) is 6.07 Å². The molecule has 0 unspecified atom stereocenters. The lowest BCUT2D eigenvalue weighted by atomic mass is 9.74. The molecular formula is C12H19NO. The molecule has 2 nitrogen and oxygen atoms in total. The molecule has 0 radical (unpaired) electrons. The molecule has 0 aromatic carbocycles. The van der Waals surface area contributed by atoms with E-state index in [2.05, 4.69) is 13.8 Å². The van der Waals surface area contributed by atoms with Crippen LogP contribution in [0.2, 0.25) is 0 Å². The zero-order valence-corrected chi connectivity index (χ0v) is 9.18. The van der Waals surface area contributed by atoms with E-state index in [4.69, 9.17) is 5.26 Å². The maximum Gasteiger partial charge on any atom is 0.153 e. The van der Waals surface area contributed by atoms with Crippen LogP contribution in [0, 0.1) is 22.7 Å². The van der Waals surface area contributed by atoms with Crippen LogP contribution in [-0.2, 0) is 4.79 Å². The zero-order valence-electron chi connectivity index (χ0n) is 9.18. The van der Waals surface area contributed by atoms with Gasteiger partial charge in [0.05, 0.1) is 12.5 Å². The smallest absolute Gasteiger partial charge is 0.153 e. The summed E-state index contributed by atoms with van der Waals surface area (Å²) in [5, 5.41) is 8.57. The molecule has 0 spiro atoms. The quantitative estimate of drug-likeness (QED) is 0.688. The Hall–Kier alpha value is -0.840. The standard InChI is InChI=1S/C12H19NO/c1-10(2)9-12(6-3-4-7-12)11(14)5-8-13/h10H,3-7,9H2,1-2H3. The highest BCUT2D eigenvalue weighted by atomic mass is 16.1. The lowest BCUT2D eigenvalue weighted by Gasteiger charge is -2.28. The van der Waals surface area contributed by atoms with Gasteiger partial charge in [-0.15, -0.1) is 0 Å². The van der Waals surface area contributed by atoms with E-state index in [-0.39, 0.29) is 17.6 Å². The average molecular weight is 193 g/mol. The average Bonchev–Trinajstić information content (AvgIpc) is 2.53. The molecule has 0 heterocycles. The molecule has 14 heavy (non-hydrogen) atoms. The number of Topliss-reactive ketones (excluding diaryl/α,β-unsaturated/α-hetero) is 1. The lowest BCUT2D eigenvalue weighted by molar-refractivity contribution is -0.128. The zero-order chi connectivity index (χ0) is 10.6. The first-order valence-corrected chi connectivity index (χ1v) is 5.51. The van der Waals surface area contributed by atoms with E-state index in [0.717, 1.165) is 32.1 Å². The van der Waals surface area contributed by atoms with E-state index < -0.39 is 0 Å². The van der Waals surface area contributed by atoms with Gasteiger partial charge in [0.2, 0.25) is 0 Å². The number of ketones is 1. The molecule has 0 bridgehead atoms. The van der Waals surface area contributed by atoms with Crippen molar-refractivity contribution < 1.29 is 4.79 Å². The summed E-state index contributed by atoms with van der Waals surface area (Å²) < 4.78 is 0. The van der Waals surface area contributed by atoms with Crippen molar-refractivity contribution in [1.29, 1.82) is 5.26 Å². The Bertz CT molecular complexity index is 244. The summed E-state index contributed by atoms with van der Waals surface area (Å²) in [6.45, 7) is 4.31. The summed E-state index contributed by atoms with van der Waals surface area (Å²) in [6.07, 6.45) is 5.39. The van der Waals surface area contributed by atoms with Gasteiger partial charge in [-0.1, -0.05) is 26.7 Å². The van der Waals surface area contributed by atoms with Crippen molar-refractivity contribution in [3.05, 3.63) is 0 Å². The highest BCUT2D eigenvalue weighted by molar-refractivity contribution is 5.86. The molecular weight excluding hydrogens is 174 g/mol. The third-order valence-electron chi connectivity index (χ3n) is 3.19. The first-order chi connectivity index (χ1) is 6.60. The van der Waals surface area contributed by atoms with E-state index in [0.29, 0.717) is 5.92 Å². The summed E-state index contributed by atoms with van der Waals surface area (Å²) in [4.78, 5) is 11.9. The molecule has 0 atom stereocenters. The Balaban J connectivity index is 2.71. The topological polar surface area (TPSA) is 40.9 Å². The van der Waals surface area contributed by atoms with Crippen LogP contribution in [0.25, 0.3) is 0 Å². The van der Waals surface area contributed by atoms with Gasteiger partial charge in [-0.25, -0.2) is 0 Å². The number of carbonyl (C=O) groups is 1. The van der Waals surface area contributed by atoms with Gasteiger partial charge >= 0.3 is 0 Å². The minimum Gasteiger partial charge on any atom is -0.298 e. The highest BCUT2D eigenvalue weighted by Crippen LogP contribution is 2.44. The molecule has 0 aromatic heterocycles. The van der Waals surface area contributed by atoms with Gasteiger partial charge in [0.15, 0.2) is 5.78 Å². The Kier molecular flexibility index (Phi) is 3.69. The summed E-state index contributed by atoms with van der Waals surface area (Å²) in [5.41, 5.74) is -0.135. The molecule has 0 amide bonds. The SMILES string of the molecule is CC(C)CC1(C(=O)CC#N)CCCC1. The first-order valence-electron chi connectivity index (χ1n) is 5.51. The van der Waals surface area contributed by atoms with E-state index >= 15 is 0 Å². The maximum atomic E-state index is 11.9. The van der Waals surface area contributed by atoms with Crippen LogP contribution in [0.3, 0.4) is 0 Å². The van der Waals surface area contributed by atoms with Crippen molar-refractivity contribution in [2.45, 2.75) is 52.4 Å². The van der Waals surface area contributed by atoms with Crippen LogP contribution in [0.1, 0.15) is 52.4 Å². The fraction of sp³-hybridized carbons (Fsp3) is 0.833. The van der Waals surface area contributed by atoms with E-state index in [1.165, 1.54) is 0 Å². The number of nitrogens with zero attached hydrogens (tertiary/aromatic N) is 1. The van der Waals surface area contributed by atoms with E-state index in [1.54, 1.807) is 0 Å². The number of hydrogen-bond donors (Lipinski definition) is 0. The second-order valence-corrected chi connectivity index (χ2v) is 4.84. The van der Waals surface area contributed by atoms with Crippen LogP contribution < -0.4 is 0 Å². The van der Waals surface area contributed by atoms with Crippen LogP contribution in [0.5, 0.6) is 0 Å². The number of rotatable bonds is 4. The van der Waals surface area contributed by atoms with Gasteiger partial charge in [-0.05, 0) is 25.2 Å². The van der Waals surface area contributed by atoms with Crippen LogP contribution in [0.4, 0.5) is 0 Å². The summed E-state index contributed by atoms with van der Waals surface area (Å²) in [6, 6.07) is 1.99. The molecule has 1 fully saturated rings. The number of nitriles is 1. The molecule has 0 aliphatic heterocycles. The predicted molar refractivity (Wildman–Crippen MR) is 55.6 cm³/mol. The van der Waals surface area contributed by atoms with Crippen LogP contribution in [0.15, 0.2) is 0 Å². The Morgan fingerprint density at radius 3 is 2.43 bits per heavy atom. The van der Waals surface area contributed by atoms with Gasteiger partial charge in [0.1, 0.15) is 0 Å². The highest BCUT2D eigenvalue weighted by Gasteiger charge is 2.40. The number of carbonyl (C=O) groups excluding carboxylic acids is 1. The van der Waals surface area contributed by atoms with Gasteiger partial charge in [-0.2, -0.15) is 5.26 Å². The molecule has 78 valence electrons. The van der Waals surface area contributed by atoms with Crippen molar-refractivity contribution in [2.24, 2.45) is 11.3 Å². The molecule has 1 saturated carbocycles. The Morgan fingerprint density at radius 2 is 2.00 bits per heavy atom. The van der Waals surface area contributed by atoms with Crippen molar-refractivity contribution in [2.75, 3.05) is 0 Å². The van der Waals surface area contributed by atoms with Crippen molar-refractivity contribution in [3.8, 4) is 6.07 Å². The molecule has 1 aliphatic rings. The van der Waals surface area contributed by atoms with Gasteiger partial charge < -0.3 is 0 Å². The first kappa shape index (κ1) is 11.2. The van der Waals surface area contributed by atoms with Crippen molar-refractivity contribution in [1.82, 2.24) is 0 Å². The lowest BCUT2D eigenvalue weighted by Crippen LogP contribution is -2.29. The Labute approximate surface area is 86.3 Å². The van der Waals surface area contributed by atoms with Gasteiger partial charge in [-0.3, -0.25) is 4.79 Å². The predicted octanol–water partition coefficient (Wildman–Crippen LogP) is 3.08. The molecule has 2 heteroatoms. The van der Waals surface area contributed by atoms with Gasteiger partial charge in [0, 0.05) is 5.41 Å². The summed E-state index contributed by atoms with van der Waals surface area (Å²) in [7, 11) is 0. The van der Waals surface area contributed by atoms with Crippen molar-refractivity contribution in [3.63, 3.8) is 0 Å². The summed E-state index contributed by atoms with van der Waals surface area (Å²) in [5.74, 6) is 0.738. The maximum absolute atomic E-state index is 11.9. The van der Waals surface area contributed by atoms with E-state index in [9.17, 15) is 4.79 Å². The second-order valence-electron chi connectivity index (χ2n) is 4.84. The fourth-order valence-electron chi connectivity index (χ4n) is 2.69. The number of hydrogen-bond acceptors (Lipinski definition) is 2. The third kappa shape index (κ3) is 2.35. The fourth-order valence-corrected chi connectivity index (χ4v) is 2.69.